The highest BCUT2D eigenvalue weighted by molar-refractivity contribution is 5.67. The number of amides is 1. The number of nitrogens with one attached hydrogen (secondary N) is 2. The van der Waals surface area contributed by atoms with Crippen LogP contribution >= 0.6 is 0 Å². The predicted molar refractivity (Wildman–Crippen MR) is 83.7 cm³/mol. The number of hydrogen-bond donors (Lipinski definition) is 2. The monoisotopic (exact) mass is 332 g/mol. The van der Waals surface area contributed by atoms with Gasteiger partial charge in [0.1, 0.15) is 11.4 Å². The SMILES string of the molecule is CC(CCc1ccco1)NCC(F)(F)CNC(=O)OC(C)(C)C. The molecule has 1 aromatic rings. The van der Waals surface area contributed by atoms with Gasteiger partial charge in [0.15, 0.2) is 0 Å². The standard InChI is InChI=1S/C16H26F2N2O3/c1-12(7-8-13-6-5-9-22-13)19-10-16(17,18)11-20-14(21)23-15(2,3)4/h5-6,9,12,19H,7-8,10-11H2,1-4H3,(H,20,21). The second-order valence-corrected chi connectivity index (χ2v) is 6.61. The van der Waals surface area contributed by atoms with Crippen molar-refractivity contribution in [3.8, 4) is 0 Å². The number of hydrogen-bond acceptors (Lipinski definition) is 4. The summed E-state index contributed by atoms with van der Waals surface area (Å²) in [5.74, 6) is -2.22. The fourth-order valence-electron chi connectivity index (χ4n) is 1.82. The van der Waals surface area contributed by atoms with Gasteiger partial charge in [-0.25, -0.2) is 13.6 Å². The molecule has 5 nitrogen and oxygen atoms in total. The van der Waals surface area contributed by atoms with E-state index in [4.69, 9.17) is 9.15 Å². The van der Waals surface area contributed by atoms with Crippen LogP contribution in [0.15, 0.2) is 22.8 Å². The van der Waals surface area contributed by atoms with E-state index in [1.54, 1.807) is 33.1 Å². The number of furan rings is 1. The zero-order valence-electron chi connectivity index (χ0n) is 14.1. The van der Waals surface area contributed by atoms with Crippen molar-refractivity contribution in [2.75, 3.05) is 13.1 Å². The maximum atomic E-state index is 13.7. The molecule has 0 spiro atoms. The number of aryl methyl sites for hydroxylation is 1. The number of alkyl carbamates (subject to hydrolysis) is 1. The Morgan fingerprint density at radius 1 is 1.35 bits per heavy atom. The quantitative estimate of drug-likeness (QED) is 0.766. The van der Waals surface area contributed by atoms with Crippen molar-refractivity contribution < 1.29 is 22.7 Å². The molecule has 0 radical (unpaired) electrons. The van der Waals surface area contributed by atoms with Gasteiger partial charge in [0, 0.05) is 12.5 Å². The Hall–Kier alpha value is -1.63. The lowest BCUT2D eigenvalue weighted by Crippen LogP contribution is -2.46. The van der Waals surface area contributed by atoms with Crippen molar-refractivity contribution in [1.29, 1.82) is 0 Å². The van der Waals surface area contributed by atoms with Crippen LogP contribution in [0.5, 0.6) is 0 Å². The highest BCUT2D eigenvalue weighted by Gasteiger charge is 2.30. The van der Waals surface area contributed by atoms with Gasteiger partial charge in [-0.05, 0) is 46.2 Å². The van der Waals surface area contributed by atoms with Gasteiger partial charge in [-0.1, -0.05) is 0 Å². The maximum Gasteiger partial charge on any atom is 0.407 e. The van der Waals surface area contributed by atoms with Crippen LogP contribution in [0.4, 0.5) is 13.6 Å². The summed E-state index contributed by atoms with van der Waals surface area (Å²) in [5.41, 5.74) is -0.710. The van der Waals surface area contributed by atoms with E-state index in [2.05, 4.69) is 10.6 Å². The van der Waals surface area contributed by atoms with Crippen LogP contribution in [0, 0.1) is 0 Å². The molecule has 1 aromatic heterocycles. The van der Waals surface area contributed by atoms with Gasteiger partial charge in [0.2, 0.25) is 0 Å². The number of carbonyl (C=O) groups excluding carboxylic acids is 1. The van der Waals surface area contributed by atoms with Crippen molar-refractivity contribution in [3.63, 3.8) is 0 Å². The molecule has 0 saturated carbocycles. The van der Waals surface area contributed by atoms with E-state index >= 15 is 0 Å². The third kappa shape index (κ3) is 9.18. The molecule has 1 atom stereocenters. The molecule has 2 N–H and O–H groups in total. The lowest BCUT2D eigenvalue weighted by atomic mass is 10.1. The van der Waals surface area contributed by atoms with Crippen molar-refractivity contribution in [3.05, 3.63) is 24.2 Å². The average molecular weight is 332 g/mol. The normalized spacial score (nSPS) is 13.7. The fraction of sp³-hybridized carbons (Fsp3) is 0.688. The van der Waals surface area contributed by atoms with Crippen LogP contribution in [0.25, 0.3) is 0 Å². The van der Waals surface area contributed by atoms with E-state index in [-0.39, 0.29) is 6.04 Å². The zero-order valence-corrected chi connectivity index (χ0v) is 14.1. The van der Waals surface area contributed by atoms with Crippen LogP contribution in [0.2, 0.25) is 0 Å². The third-order valence-corrected chi connectivity index (χ3v) is 3.00. The molecule has 0 bridgehead atoms. The summed E-state index contributed by atoms with van der Waals surface area (Å²) in [6.07, 6.45) is 2.11. The molecule has 0 fully saturated rings. The van der Waals surface area contributed by atoms with E-state index in [9.17, 15) is 13.6 Å². The maximum absolute atomic E-state index is 13.7. The molecular weight excluding hydrogens is 306 g/mol. The van der Waals surface area contributed by atoms with Gasteiger partial charge in [-0.2, -0.15) is 0 Å². The van der Waals surface area contributed by atoms with Gasteiger partial charge >= 0.3 is 6.09 Å². The van der Waals surface area contributed by atoms with E-state index < -0.39 is 30.7 Å². The molecule has 0 aliphatic heterocycles. The van der Waals surface area contributed by atoms with Crippen LogP contribution in [-0.2, 0) is 11.2 Å². The van der Waals surface area contributed by atoms with Gasteiger partial charge < -0.3 is 19.8 Å². The first kappa shape index (κ1) is 19.4. The van der Waals surface area contributed by atoms with Gasteiger partial charge in [-0.3, -0.25) is 0 Å². The average Bonchev–Trinajstić information content (AvgIpc) is 2.92. The third-order valence-electron chi connectivity index (χ3n) is 3.00. The van der Waals surface area contributed by atoms with Crippen molar-refractivity contribution in [2.24, 2.45) is 0 Å². The minimum Gasteiger partial charge on any atom is -0.469 e. The number of ether oxygens (including phenoxy) is 1. The lowest BCUT2D eigenvalue weighted by molar-refractivity contribution is -0.00536. The van der Waals surface area contributed by atoms with Crippen molar-refractivity contribution in [1.82, 2.24) is 10.6 Å². The summed E-state index contributed by atoms with van der Waals surface area (Å²) < 4.78 is 37.6. The van der Waals surface area contributed by atoms with E-state index in [1.165, 1.54) is 0 Å². The molecule has 1 unspecified atom stereocenters. The Balaban J connectivity index is 2.24. The summed E-state index contributed by atoms with van der Waals surface area (Å²) in [7, 11) is 0. The first-order valence-corrected chi connectivity index (χ1v) is 7.68. The number of alkyl halides is 2. The van der Waals surface area contributed by atoms with Gasteiger partial charge in [0.25, 0.3) is 5.92 Å². The highest BCUT2D eigenvalue weighted by atomic mass is 19.3. The van der Waals surface area contributed by atoms with Gasteiger partial charge in [0.05, 0.1) is 19.4 Å². The minimum absolute atomic E-state index is 0.0903. The molecule has 0 aromatic carbocycles. The molecule has 132 valence electrons. The number of carbonyl (C=O) groups is 1. The lowest BCUT2D eigenvalue weighted by Gasteiger charge is -2.23. The van der Waals surface area contributed by atoms with E-state index in [1.807, 2.05) is 13.0 Å². The topological polar surface area (TPSA) is 63.5 Å². The molecule has 1 rings (SSSR count). The summed E-state index contributed by atoms with van der Waals surface area (Å²) >= 11 is 0. The van der Waals surface area contributed by atoms with Crippen LogP contribution in [0.1, 0.15) is 39.9 Å². The van der Waals surface area contributed by atoms with Crippen molar-refractivity contribution in [2.45, 2.75) is 58.1 Å². The summed E-state index contributed by atoms with van der Waals surface area (Å²) in [6, 6.07) is 3.56. The largest absolute Gasteiger partial charge is 0.469 e. The van der Waals surface area contributed by atoms with Crippen LogP contribution in [-0.4, -0.2) is 36.7 Å². The summed E-state index contributed by atoms with van der Waals surface area (Å²) in [5, 5.41) is 4.86. The predicted octanol–water partition coefficient (Wildman–Crippen LogP) is 3.35. The Morgan fingerprint density at radius 2 is 2.04 bits per heavy atom. The Morgan fingerprint density at radius 3 is 2.61 bits per heavy atom. The fourth-order valence-corrected chi connectivity index (χ4v) is 1.82. The molecule has 1 amide bonds. The Bertz CT molecular complexity index is 470. The molecular formula is C16H26F2N2O3. The summed E-state index contributed by atoms with van der Waals surface area (Å²) in [6.45, 7) is 5.58. The Kier molecular flexibility index (Phi) is 7.00. The minimum atomic E-state index is -3.05. The molecule has 7 heteroatoms. The first-order chi connectivity index (χ1) is 10.6. The second-order valence-electron chi connectivity index (χ2n) is 6.61. The highest BCUT2D eigenvalue weighted by Crippen LogP contribution is 2.13. The van der Waals surface area contributed by atoms with Gasteiger partial charge in [-0.15, -0.1) is 0 Å². The summed E-state index contributed by atoms with van der Waals surface area (Å²) in [4.78, 5) is 11.4. The number of halogens is 2. The zero-order chi connectivity index (χ0) is 17.5. The van der Waals surface area contributed by atoms with Crippen molar-refractivity contribution >= 4 is 6.09 Å². The van der Waals surface area contributed by atoms with Crippen LogP contribution < -0.4 is 10.6 Å². The molecule has 0 aliphatic carbocycles. The van der Waals surface area contributed by atoms with E-state index in [0.29, 0.717) is 12.8 Å². The molecule has 23 heavy (non-hydrogen) atoms. The van der Waals surface area contributed by atoms with Crippen LogP contribution in [0.3, 0.4) is 0 Å². The Labute approximate surface area is 135 Å². The second kappa shape index (κ2) is 8.29. The molecule has 0 aliphatic rings. The van der Waals surface area contributed by atoms with E-state index in [0.717, 1.165) is 5.76 Å². The first-order valence-electron chi connectivity index (χ1n) is 7.68. The molecule has 1 heterocycles. The smallest absolute Gasteiger partial charge is 0.407 e. The molecule has 0 saturated heterocycles. The number of rotatable bonds is 8.